The molecule has 4 nitrogen and oxygen atoms in total. The first-order valence-electron chi connectivity index (χ1n) is 9.82. The lowest BCUT2D eigenvalue weighted by Gasteiger charge is -2.16. The molecule has 0 aliphatic carbocycles. The third-order valence-corrected chi connectivity index (χ3v) is 5.95. The average molecular weight is 450 g/mol. The summed E-state index contributed by atoms with van der Waals surface area (Å²) in [6.45, 7) is 3.88. The van der Waals surface area contributed by atoms with Crippen molar-refractivity contribution in [1.29, 1.82) is 0 Å². The number of ether oxygens (including phenoxy) is 1. The number of carbonyl (C=O) groups is 2. The molecule has 3 aromatic carbocycles. The minimum Gasteiger partial charge on any atom is -0.491 e. The van der Waals surface area contributed by atoms with E-state index in [1.54, 1.807) is 36.4 Å². The molecule has 0 fully saturated rings. The second-order valence-electron chi connectivity index (χ2n) is 7.23. The molecule has 0 atom stereocenters. The van der Waals surface area contributed by atoms with Gasteiger partial charge in [-0.2, -0.15) is 0 Å². The fraction of sp³-hybridized carbons (Fsp3) is 0.120. The van der Waals surface area contributed by atoms with Crippen LogP contribution in [0.2, 0.25) is 5.02 Å². The molecule has 156 valence electrons. The summed E-state index contributed by atoms with van der Waals surface area (Å²) < 4.78 is 5.67. The number of carbonyl (C=O) groups excluding carboxylic acids is 2. The van der Waals surface area contributed by atoms with E-state index in [0.717, 1.165) is 4.90 Å². The van der Waals surface area contributed by atoms with Gasteiger partial charge >= 0.3 is 0 Å². The molecule has 1 heterocycles. The number of imide groups is 1. The zero-order valence-electron chi connectivity index (χ0n) is 17.0. The minimum atomic E-state index is -0.346. The van der Waals surface area contributed by atoms with E-state index in [1.807, 2.05) is 56.3 Å². The molecule has 0 saturated carbocycles. The van der Waals surface area contributed by atoms with E-state index in [-0.39, 0.29) is 17.9 Å². The smallest absolute Gasteiger partial charge is 0.272 e. The van der Waals surface area contributed by atoms with E-state index in [9.17, 15) is 9.59 Å². The molecule has 0 N–H and O–H groups in total. The van der Waals surface area contributed by atoms with Gasteiger partial charge in [-0.15, -0.1) is 0 Å². The van der Waals surface area contributed by atoms with Gasteiger partial charge in [0.2, 0.25) is 0 Å². The Balaban J connectivity index is 1.72. The number of thioether (sulfide) groups is 1. The summed E-state index contributed by atoms with van der Waals surface area (Å²) in [5, 5.41) is 0.612. The van der Waals surface area contributed by atoms with Crippen molar-refractivity contribution in [1.82, 2.24) is 0 Å². The van der Waals surface area contributed by atoms with Gasteiger partial charge in [-0.3, -0.25) is 9.59 Å². The van der Waals surface area contributed by atoms with Gasteiger partial charge in [0, 0.05) is 9.92 Å². The number of hydrogen-bond acceptors (Lipinski definition) is 4. The minimum absolute atomic E-state index is 0.0367. The van der Waals surface area contributed by atoms with Crippen molar-refractivity contribution in [2.45, 2.75) is 24.8 Å². The molecule has 1 aliphatic rings. The van der Waals surface area contributed by atoms with Crippen LogP contribution in [0.3, 0.4) is 0 Å². The molecule has 0 aromatic heterocycles. The molecule has 1 aliphatic heterocycles. The summed E-state index contributed by atoms with van der Waals surface area (Å²) in [6.07, 6.45) is 0.0367. The number of hydrogen-bond donors (Lipinski definition) is 0. The number of nitrogens with zero attached hydrogens (tertiary/aromatic N) is 1. The van der Waals surface area contributed by atoms with Gasteiger partial charge in [-0.05, 0) is 67.9 Å². The molecule has 3 aromatic rings. The SMILES string of the molecule is CC(C)Oc1ccc(N2C(=O)C(Sc3ccc(Cl)cc3)=C(c3ccccc3)C2=O)cc1. The zero-order chi connectivity index (χ0) is 22.0. The van der Waals surface area contributed by atoms with Crippen LogP contribution in [-0.4, -0.2) is 17.9 Å². The van der Waals surface area contributed by atoms with Crippen LogP contribution in [0.15, 0.2) is 88.7 Å². The van der Waals surface area contributed by atoms with E-state index in [0.29, 0.717) is 32.5 Å². The van der Waals surface area contributed by atoms with Gasteiger partial charge < -0.3 is 4.74 Å². The Hall–Kier alpha value is -3.02. The van der Waals surface area contributed by atoms with Crippen LogP contribution in [0.25, 0.3) is 5.57 Å². The van der Waals surface area contributed by atoms with Crippen LogP contribution in [0.4, 0.5) is 5.69 Å². The molecule has 0 unspecified atom stereocenters. The molecule has 0 bridgehead atoms. The lowest BCUT2D eigenvalue weighted by molar-refractivity contribution is -0.119. The van der Waals surface area contributed by atoms with Crippen LogP contribution >= 0.6 is 23.4 Å². The van der Waals surface area contributed by atoms with Gasteiger partial charge in [0.05, 0.1) is 22.3 Å². The molecule has 4 rings (SSSR count). The highest BCUT2D eigenvalue weighted by molar-refractivity contribution is 8.04. The summed E-state index contributed by atoms with van der Waals surface area (Å²) in [4.78, 5) is 29.3. The largest absolute Gasteiger partial charge is 0.491 e. The number of benzene rings is 3. The van der Waals surface area contributed by atoms with Crippen molar-refractivity contribution in [3.63, 3.8) is 0 Å². The highest BCUT2D eigenvalue weighted by Gasteiger charge is 2.40. The van der Waals surface area contributed by atoms with Crippen LogP contribution in [0, 0.1) is 0 Å². The maximum Gasteiger partial charge on any atom is 0.272 e. The van der Waals surface area contributed by atoms with E-state index in [1.165, 1.54) is 16.7 Å². The van der Waals surface area contributed by atoms with E-state index < -0.39 is 0 Å². The number of rotatable bonds is 6. The standard InChI is InChI=1S/C25H20ClNO3S/c1-16(2)30-20-12-10-19(11-13-20)27-24(28)22(17-6-4-3-5-7-17)23(25(27)29)31-21-14-8-18(26)9-15-21/h3-16H,1-2H3. The van der Waals surface area contributed by atoms with Crippen molar-refractivity contribution >= 4 is 46.4 Å². The summed E-state index contributed by atoms with van der Waals surface area (Å²) >= 11 is 7.26. The van der Waals surface area contributed by atoms with E-state index in [4.69, 9.17) is 16.3 Å². The summed E-state index contributed by atoms with van der Waals surface area (Å²) in [6, 6.07) is 23.4. The predicted octanol–water partition coefficient (Wildman–Crippen LogP) is 6.20. The third-order valence-electron chi connectivity index (χ3n) is 4.60. The van der Waals surface area contributed by atoms with Gasteiger partial charge in [-0.25, -0.2) is 4.90 Å². The Labute approximate surface area is 190 Å². The molecular weight excluding hydrogens is 430 g/mol. The Morgan fingerprint density at radius 2 is 1.48 bits per heavy atom. The maximum absolute atomic E-state index is 13.4. The molecule has 0 radical (unpaired) electrons. The number of amides is 2. The van der Waals surface area contributed by atoms with E-state index >= 15 is 0 Å². The molecule has 0 saturated heterocycles. The Morgan fingerprint density at radius 1 is 0.839 bits per heavy atom. The first-order chi connectivity index (χ1) is 14.9. The van der Waals surface area contributed by atoms with Gasteiger partial charge in [0.15, 0.2) is 0 Å². The lowest BCUT2D eigenvalue weighted by atomic mass is 10.1. The third kappa shape index (κ3) is 4.53. The Bertz CT molecular complexity index is 1140. The predicted molar refractivity (Wildman–Crippen MR) is 125 cm³/mol. The molecule has 31 heavy (non-hydrogen) atoms. The number of halogens is 1. The summed E-state index contributed by atoms with van der Waals surface area (Å²) in [5.41, 5.74) is 1.61. The molecule has 6 heteroatoms. The van der Waals surface area contributed by atoms with Crippen LogP contribution in [-0.2, 0) is 9.59 Å². The quantitative estimate of drug-likeness (QED) is 0.420. The Morgan fingerprint density at radius 3 is 2.10 bits per heavy atom. The van der Waals surface area contributed by atoms with Gasteiger partial charge in [-0.1, -0.05) is 53.7 Å². The molecular formula is C25H20ClNO3S. The van der Waals surface area contributed by atoms with Crippen LogP contribution in [0.5, 0.6) is 5.75 Å². The van der Waals surface area contributed by atoms with Crippen molar-refractivity contribution < 1.29 is 14.3 Å². The lowest BCUT2D eigenvalue weighted by Crippen LogP contribution is -2.31. The van der Waals surface area contributed by atoms with Crippen LogP contribution in [0.1, 0.15) is 19.4 Å². The zero-order valence-corrected chi connectivity index (χ0v) is 18.6. The summed E-state index contributed by atoms with van der Waals surface area (Å²) in [5.74, 6) is -0.00336. The van der Waals surface area contributed by atoms with E-state index in [2.05, 4.69) is 0 Å². The van der Waals surface area contributed by atoms with Crippen molar-refractivity contribution in [2.24, 2.45) is 0 Å². The van der Waals surface area contributed by atoms with Gasteiger partial charge in [0.1, 0.15) is 5.75 Å². The number of anilines is 1. The highest BCUT2D eigenvalue weighted by Crippen LogP contribution is 2.41. The Kier molecular flexibility index (Phi) is 6.16. The second kappa shape index (κ2) is 9.00. The van der Waals surface area contributed by atoms with Crippen molar-refractivity contribution in [3.05, 3.63) is 94.4 Å². The average Bonchev–Trinajstić information content (AvgIpc) is 3.00. The highest BCUT2D eigenvalue weighted by atomic mass is 35.5. The molecule has 2 amide bonds. The fourth-order valence-electron chi connectivity index (χ4n) is 3.26. The normalized spacial score (nSPS) is 14.0. The second-order valence-corrected chi connectivity index (χ2v) is 8.75. The fourth-order valence-corrected chi connectivity index (χ4v) is 4.38. The van der Waals surface area contributed by atoms with Gasteiger partial charge in [0.25, 0.3) is 11.8 Å². The monoisotopic (exact) mass is 449 g/mol. The van der Waals surface area contributed by atoms with Crippen molar-refractivity contribution in [2.75, 3.05) is 4.90 Å². The first-order valence-corrected chi connectivity index (χ1v) is 11.0. The topological polar surface area (TPSA) is 46.6 Å². The first kappa shape index (κ1) is 21.2. The van der Waals surface area contributed by atoms with Crippen LogP contribution < -0.4 is 9.64 Å². The summed E-state index contributed by atoms with van der Waals surface area (Å²) in [7, 11) is 0. The maximum atomic E-state index is 13.4. The molecule has 0 spiro atoms. The van der Waals surface area contributed by atoms with Crippen molar-refractivity contribution in [3.8, 4) is 5.75 Å².